The maximum Gasteiger partial charge on any atom is 0.271 e. The number of rotatable bonds is 3. The lowest BCUT2D eigenvalue weighted by atomic mass is 9.93. The number of nitrogens with zero attached hydrogens (tertiary/aromatic N) is 2. The van der Waals surface area contributed by atoms with Crippen molar-refractivity contribution in [1.29, 1.82) is 0 Å². The van der Waals surface area contributed by atoms with Crippen LogP contribution in [0.25, 0.3) is 0 Å². The third kappa shape index (κ3) is 3.52. The molecule has 0 aliphatic heterocycles. The highest BCUT2D eigenvalue weighted by Crippen LogP contribution is 2.25. The predicted octanol–water partition coefficient (Wildman–Crippen LogP) is 2.57. The first-order valence-electron chi connectivity index (χ1n) is 6.84. The number of aromatic nitrogens is 2. The fourth-order valence-electron chi connectivity index (χ4n) is 2.63. The van der Waals surface area contributed by atoms with Gasteiger partial charge in [0, 0.05) is 18.4 Å². The van der Waals surface area contributed by atoms with E-state index in [1.54, 1.807) is 12.4 Å². The van der Waals surface area contributed by atoms with Crippen molar-refractivity contribution in [3.05, 3.63) is 24.3 Å². The van der Waals surface area contributed by atoms with Crippen molar-refractivity contribution in [2.45, 2.75) is 51.5 Å². The van der Waals surface area contributed by atoms with Gasteiger partial charge < -0.3 is 5.32 Å². The maximum absolute atomic E-state index is 12.0. The minimum atomic E-state index is -0.111. The molecule has 0 bridgehead atoms. The molecule has 1 amide bonds. The summed E-state index contributed by atoms with van der Waals surface area (Å²) in [5.41, 5.74) is 0.401. The third-order valence-electron chi connectivity index (χ3n) is 3.76. The Kier molecular flexibility index (Phi) is 4.67. The van der Waals surface area contributed by atoms with Gasteiger partial charge >= 0.3 is 0 Å². The molecule has 1 unspecified atom stereocenters. The van der Waals surface area contributed by atoms with Crippen molar-refractivity contribution in [2.24, 2.45) is 5.92 Å². The van der Waals surface area contributed by atoms with E-state index >= 15 is 0 Å². The quantitative estimate of drug-likeness (QED) is 0.835. The largest absolute Gasteiger partial charge is 0.348 e. The van der Waals surface area contributed by atoms with E-state index in [9.17, 15) is 4.79 Å². The van der Waals surface area contributed by atoms with Gasteiger partial charge in [0.05, 0.1) is 6.20 Å². The van der Waals surface area contributed by atoms with Gasteiger partial charge in [0.25, 0.3) is 5.91 Å². The normalized spacial score (nSPS) is 18.9. The molecular weight excluding hydrogens is 226 g/mol. The van der Waals surface area contributed by atoms with Crippen LogP contribution in [0.5, 0.6) is 0 Å². The first-order chi connectivity index (χ1) is 8.77. The minimum Gasteiger partial charge on any atom is -0.348 e. The summed E-state index contributed by atoms with van der Waals surface area (Å²) in [4.78, 5) is 19.9. The van der Waals surface area contributed by atoms with Gasteiger partial charge in [-0.1, -0.05) is 25.7 Å². The molecule has 4 heteroatoms. The molecule has 2 rings (SSSR count). The summed E-state index contributed by atoms with van der Waals surface area (Å²) in [7, 11) is 0. The third-order valence-corrected chi connectivity index (χ3v) is 3.76. The van der Waals surface area contributed by atoms with Crippen molar-refractivity contribution < 1.29 is 4.79 Å². The molecule has 1 aliphatic carbocycles. The Hall–Kier alpha value is -1.45. The number of hydrogen-bond acceptors (Lipinski definition) is 3. The van der Waals surface area contributed by atoms with Gasteiger partial charge in [0.1, 0.15) is 5.69 Å². The number of hydrogen-bond donors (Lipinski definition) is 1. The monoisotopic (exact) mass is 247 g/mol. The van der Waals surface area contributed by atoms with Gasteiger partial charge in [-0.15, -0.1) is 0 Å². The van der Waals surface area contributed by atoms with E-state index in [0.717, 1.165) is 0 Å². The molecule has 4 nitrogen and oxygen atoms in total. The second-order valence-corrected chi connectivity index (χ2v) is 5.10. The topological polar surface area (TPSA) is 54.9 Å². The second-order valence-electron chi connectivity index (χ2n) is 5.10. The van der Waals surface area contributed by atoms with Gasteiger partial charge in [0.15, 0.2) is 0 Å². The Labute approximate surface area is 108 Å². The highest BCUT2D eigenvalue weighted by Gasteiger charge is 2.21. The van der Waals surface area contributed by atoms with E-state index in [4.69, 9.17) is 0 Å². The molecule has 1 N–H and O–H groups in total. The molecule has 18 heavy (non-hydrogen) atoms. The van der Waals surface area contributed by atoms with Gasteiger partial charge in [-0.25, -0.2) is 4.98 Å². The van der Waals surface area contributed by atoms with Crippen molar-refractivity contribution in [3.63, 3.8) is 0 Å². The lowest BCUT2D eigenvalue weighted by molar-refractivity contribution is 0.0918. The zero-order valence-corrected chi connectivity index (χ0v) is 10.9. The molecule has 0 aromatic carbocycles. The zero-order chi connectivity index (χ0) is 12.8. The Morgan fingerprint density at radius 1 is 1.28 bits per heavy atom. The lowest BCUT2D eigenvalue weighted by Crippen LogP contribution is -2.38. The Morgan fingerprint density at radius 2 is 2.00 bits per heavy atom. The number of amides is 1. The maximum atomic E-state index is 12.0. The zero-order valence-electron chi connectivity index (χ0n) is 10.9. The van der Waals surface area contributed by atoms with Crippen LogP contribution in [-0.4, -0.2) is 21.9 Å². The molecule has 1 aromatic heterocycles. The van der Waals surface area contributed by atoms with Crippen LogP contribution in [0.1, 0.15) is 55.9 Å². The highest BCUT2D eigenvalue weighted by molar-refractivity contribution is 5.92. The molecular formula is C14H21N3O. The summed E-state index contributed by atoms with van der Waals surface area (Å²) in [5, 5.41) is 3.05. The number of carbonyl (C=O) groups is 1. The first-order valence-corrected chi connectivity index (χ1v) is 6.84. The molecule has 1 aromatic rings. The van der Waals surface area contributed by atoms with Crippen LogP contribution < -0.4 is 5.32 Å². The van der Waals surface area contributed by atoms with E-state index < -0.39 is 0 Å². The highest BCUT2D eigenvalue weighted by atomic mass is 16.1. The summed E-state index contributed by atoms with van der Waals surface area (Å²) in [6.07, 6.45) is 12.3. The van der Waals surface area contributed by atoms with Crippen LogP contribution in [-0.2, 0) is 0 Å². The fourth-order valence-corrected chi connectivity index (χ4v) is 2.63. The Morgan fingerprint density at radius 3 is 2.61 bits per heavy atom. The molecule has 0 spiro atoms. The Balaban J connectivity index is 1.90. The van der Waals surface area contributed by atoms with E-state index in [2.05, 4.69) is 22.2 Å². The van der Waals surface area contributed by atoms with Crippen molar-refractivity contribution >= 4 is 5.91 Å². The molecule has 1 heterocycles. The summed E-state index contributed by atoms with van der Waals surface area (Å²) < 4.78 is 0. The summed E-state index contributed by atoms with van der Waals surface area (Å²) >= 11 is 0. The van der Waals surface area contributed by atoms with E-state index in [0.29, 0.717) is 11.6 Å². The molecule has 0 saturated heterocycles. The molecule has 0 radical (unpaired) electrons. The molecule has 1 atom stereocenters. The minimum absolute atomic E-state index is 0.111. The van der Waals surface area contributed by atoms with Gasteiger partial charge in [-0.2, -0.15) is 0 Å². The lowest BCUT2D eigenvalue weighted by Gasteiger charge is -2.23. The molecule has 1 saturated carbocycles. The van der Waals surface area contributed by atoms with Gasteiger partial charge in [0.2, 0.25) is 0 Å². The molecule has 1 aliphatic rings. The van der Waals surface area contributed by atoms with Crippen LogP contribution in [0.2, 0.25) is 0 Å². The number of nitrogens with one attached hydrogen (secondary N) is 1. The summed E-state index contributed by atoms with van der Waals surface area (Å²) in [6.45, 7) is 2.10. The molecule has 1 fully saturated rings. The van der Waals surface area contributed by atoms with Crippen molar-refractivity contribution in [2.75, 3.05) is 0 Å². The van der Waals surface area contributed by atoms with Crippen molar-refractivity contribution in [3.8, 4) is 0 Å². The van der Waals surface area contributed by atoms with Crippen molar-refractivity contribution in [1.82, 2.24) is 15.3 Å². The summed E-state index contributed by atoms with van der Waals surface area (Å²) in [5.74, 6) is 0.493. The van der Waals surface area contributed by atoms with Crippen LogP contribution in [0.15, 0.2) is 18.6 Å². The fraction of sp³-hybridized carbons (Fsp3) is 0.643. The average molecular weight is 247 g/mol. The molecule has 98 valence electrons. The second kappa shape index (κ2) is 6.47. The van der Waals surface area contributed by atoms with Crippen LogP contribution in [0.3, 0.4) is 0 Å². The van der Waals surface area contributed by atoms with E-state index in [1.807, 2.05) is 0 Å². The summed E-state index contributed by atoms with van der Waals surface area (Å²) in [6, 6.07) is 0.220. The van der Waals surface area contributed by atoms with Crippen LogP contribution >= 0.6 is 0 Å². The van der Waals surface area contributed by atoms with E-state index in [-0.39, 0.29) is 11.9 Å². The predicted molar refractivity (Wildman–Crippen MR) is 70.2 cm³/mol. The van der Waals surface area contributed by atoms with Gasteiger partial charge in [-0.3, -0.25) is 9.78 Å². The van der Waals surface area contributed by atoms with E-state index in [1.165, 1.54) is 44.7 Å². The SMILES string of the molecule is CC(NC(=O)c1cnccn1)C1CCCCCC1. The average Bonchev–Trinajstić information content (AvgIpc) is 2.68. The number of carbonyl (C=O) groups excluding carboxylic acids is 1. The Bertz CT molecular complexity index is 372. The van der Waals surface area contributed by atoms with Gasteiger partial charge in [-0.05, 0) is 25.7 Å². The standard InChI is InChI=1S/C14H21N3O/c1-11(12-6-4-2-3-5-7-12)17-14(18)13-10-15-8-9-16-13/h8-12H,2-7H2,1H3,(H,17,18). The first kappa shape index (κ1) is 13.0. The van der Waals surface area contributed by atoms with Crippen LogP contribution in [0.4, 0.5) is 0 Å². The smallest absolute Gasteiger partial charge is 0.271 e. The van der Waals surface area contributed by atoms with Crippen LogP contribution in [0, 0.1) is 5.92 Å².